The van der Waals surface area contributed by atoms with E-state index in [4.69, 9.17) is 0 Å². The Labute approximate surface area is 132 Å². The molecule has 2 N–H and O–H groups in total. The normalized spacial score (nSPS) is 13.1. The molecule has 1 aromatic carbocycles. The number of hydrogen-bond donors (Lipinski definition) is 2. The van der Waals surface area contributed by atoms with Crippen molar-refractivity contribution in [2.45, 2.75) is 31.2 Å². The van der Waals surface area contributed by atoms with Crippen LogP contribution >= 0.6 is 0 Å². The van der Waals surface area contributed by atoms with Crippen molar-refractivity contribution >= 4 is 15.9 Å². The molecule has 0 aliphatic rings. The average molecular weight is 327 g/mol. The van der Waals surface area contributed by atoms with E-state index in [1.54, 1.807) is 0 Å². The molecule has 0 aromatic heterocycles. The molecule has 6 nitrogen and oxygen atoms in total. The fraction of sp³-hybridized carbons (Fsp3) is 0.533. The van der Waals surface area contributed by atoms with Crippen LogP contribution in [0.1, 0.15) is 30.6 Å². The molecule has 0 unspecified atom stereocenters. The molecular weight excluding hydrogens is 302 g/mol. The Bertz CT molecular complexity index is 585. The zero-order valence-corrected chi connectivity index (χ0v) is 14.4. The summed E-state index contributed by atoms with van der Waals surface area (Å²) in [7, 11) is -0.0932. The third-order valence-electron chi connectivity index (χ3n) is 3.79. The Morgan fingerprint density at radius 1 is 1.27 bits per heavy atom. The summed E-state index contributed by atoms with van der Waals surface area (Å²) >= 11 is 0. The standard InChI is InChI=1S/C15H25N3O3S/c1-5-12(2)18(4)11-10-17-15(19)13-6-8-14(9-7-13)22(20,21)16-3/h6-9,12,16H,5,10-11H2,1-4H3,(H,17,19)/t12-/m0/s1. The van der Waals surface area contributed by atoms with Gasteiger partial charge in [-0.2, -0.15) is 0 Å². The molecule has 1 atom stereocenters. The lowest BCUT2D eigenvalue weighted by molar-refractivity contribution is 0.0947. The van der Waals surface area contributed by atoms with Crippen molar-refractivity contribution in [2.75, 3.05) is 27.2 Å². The number of rotatable bonds is 8. The molecule has 1 amide bonds. The van der Waals surface area contributed by atoms with E-state index in [1.165, 1.54) is 31.3 Å². The maximum absolute atomic E-state index is 12.0. The molecule has 0 saturated carbocycles. The number of nitrogens with zero attached hydrogens (tertiary/aromatic N) is 1. The van der Waals surface area contributed by atoms with Crippen LogP contribution in [0.4, 0.5) is 0 Å². The van der Waals surface area contributed by atoms with Crippen molar-refractivity contribution in [3.8, 4) is 0 Å². The molecule has 0 aliphatic carbocycles. The fourth-order valence-electron chi connectivity index (χ4n) is 1.88. The number of likely N-dealkylation sites (N-methyl/N-ethyl adjacent to an activating group) is 1. The van der Waals surface area contributed by atoms with Gasteiger partial charge >= 0.3 is 0 Å². The Morgan fingerprint density at radius 3 is 2.36 bits per heavy atom. The van der Waals surface area contributed by atoms with Gasteiger partial charge < -0.3 is 10.2 Å². The summed E-state index contributed by atoms with van der Waals surface area (Å²) in [6, 6.07) is 6.34. The van der Waals surface area contributed by atoms with Crippen molar-refractivity contribution in [3.05, 3.63) is 29.8 Å². The number of hydrogen-bond acceptors (Lipinski definition) is 4. The molecule has 0 fully saturated rings. The van der Waals surface area contributed by atoms with Crippen LogP contribution in [-0.4, -0.2) is 52.5 Å². The third-order valence-corrected chi connectivity index (χ3v) is 5.22. The first kappa shape index (κ1) is 18.6. The van der Waals surface area contributed by atoms with Crippen LogP contribution < -0.4 is 10.0 Å². The highest BCUT2D eigenvalue weighted by Crippen LogP contribution is 2.10. The molecule has 0 radical (unpaired) electrons. The molecule has 0 bridgehead atoms. The van der Waals surface area contributed by atoms with E-state index in [-0.39, 0.29) is 10.8 Å². The number of carbonyl (C=O) groups is 1. The molecule has 1 aromatic rings. The molecular formula is C15H25N3O3S. The molecule has 0 aliphatic heterocycles. The highest BCUT2D eigenvalue weighted by atomic mass is 32.2. The Balaban J connectivity index is 2.57. The van der Waals surface area contributed by atoms with E-state index in [9.17, 15) is 13.2 Å². The minimum Gasteiger partial charge on any atom is -0.351 e. The fourth-order valence-corrected chi connectivity index (χ4v) is 2.61. The van der Waals surface area contributed by atoms with Gasteiger partial charge in [0.05, 0.1) is 4.90 Å². The van der Waals surface area contributed by atoms with Crippen molar-refractivity contribution in [2.24, 2.45) is 0 Å². The van der Waals surface area contributed by atoms with Crippen molar-refractivity contribution in [1.82, 2.24) is 14.9 Å². The molecule has 0 saturated heterocycles. The lowest BCUT2D eigenvalue weighted by Gasteiger charge is -2.23. The first-order valence-corrected chi connectivity index (χ1v) is 8.82. The molecule has 0 heterocycles. The minimum absolute atomic E-state index is 0.142. The predicted molar refractivity (Wildman–Crippen MR) is 87.4 cm³/mol. The third kappa shape index (κ3) is 5.08. The van der Waals surface area contributed by atoms with E-state index in [2.05, 4.69) is 28.8 Å². The minimum atomic E-state index is -3.47. The summed E-state index contributed by atoms with van der Waals surface area (Å²) in [4.78, 5) is 14.3. The van der Waals surface area contributed by atoms with Gasteiger partial charge in [-0.3, -0.25) is 4.79 Å². The van der Waals surface area contributed by atoms with Crippen LogP contribution in [-0.2, 0) is 10.0 Å². The van der Waals surface area contributed by atoms with Gasteiger partial charge in [0.2, 0.25) is 10.0 Å². The number of sulfonamides is 1. The highest BCUT2D eigenvalue weighted by Gasteiger charge is 2.13. The Hall–Kier alpha value is -1.44. The van der Waals surface area contributed by atoms with Crippen LogP contribution in [0, 0.1) is 0 Å². The summed E-state index contributed by atoms with van der Waals surface area (Å²) in [5, 5.41) is 2.84. The van der Waals surface area contributed by atoms with Gasteiger partial charge in [-0.1, -0.05) is 6.92 Å². The zero-order chi connectivity index (χ0) is 16.8. The van der Waals surface area contributed by atoms with E-state index in [1.807, 2.05) is 7.05 Å². The zero-order valence-electron chi connectivity index (χ0n) is 13.6. The van der Waals surface area contributed by atoms with Gasteiger partial charge in [-0.15, -0.1) is 0 Å². The smallest absolute Gasteiger partial charge is 0.251 e. The maximum atomic E-state index is 12.0. The van der Waals surface area contributed by atoms with E-state index >= 15 is 0 Å². The molecule has 7 heteroatoms. The van der Waals surface area contributed by atoms with Crippen LogP contribution in [0.2, 0.25) is 0 Å². The Morgan fingerprint density at radius 2 is 1.86 bits per heavy atom. The SMILES string of the molecule is CC[C@H](C)N(C)CCNC(=O)c1ccc(S(=O)(=O)NC)cc1. The number of benzene rings is 1. The second kappa shape index (κ2) is 8.26. The maximum Gasteiger partial charge on any atom is 0.251 e. The molecule has 0 spiro atoms. The summed E-state index contributed by atoms with van der Waals surface area (Å²) in [6.07, 6.45) is 1.06. The van der Waals surface area contributed by atoms with Gasteiger partial charge in [-0.05, 0) is 51.7 Å². The van der Waals surface area contributed by atoms with Crippen LogP contribution in [0.15, 0.2) is 29.2 Å². The largest absolute Gasteiger partial charge is 0.351 e. The topological polar surface area (TPSA) is 78.5 Å². The van der Waals surface area contributed by atoms with E-state index < -0.39 is 10.0 Å². The van der Waals surface area contributed by atoms with E-state index in [0.717, 1.165) is 13.0 Å². The quantitative estimate of drug-likeness (QED) is 0.748. The van der Waals surface area contributed by atoms with Crippen molar-refractivity contribution in [1.29, 1.82) is 0 Å². The number of carbonyl (C=O) groups excluding carboxylic acids is 1. The second-order valence-corrected chi connectivity index (χ2v) is 7.11. The number of amides is 1. The van der Waals surface area contributed by atoms with Crippen molar-refractivity contribution in [3.63, 3.8) is 0 Å². The summed E-state index contributed by atoms with van der Waals surface area (Å²) in [6.45, 7) is 5.59. The summed E-state index contributed by atoms with van der Waals surface area (Å²) in [5.74, 6) is -0.203. The second-order valence-electron chi connectivity index (χ2n) is 5.23. The van der Waals surface area contributed by atoms with Gasteiger partial charge in [0.25, 0.3) is 5.91 Å². The molecule has 1 rings (SSSR count). The monoisotopic (exact) mass is 327 g/mol. The van der Waals surface area contributed by atoms with Crippen molar-refractivity contribution < 1.29 is 13.2 Å². The highest BCUT2D eigenvalue weighted by molar-refractivity contribution is 7.89. The van der Waals surface area contributed by atoms with Gasteiger partial charge in [-0.25, -0.2) is 13.1 Å². The summed E-state index contributed by atoms with van der Waals surface area (Å²) < 4.78 is 25.4. The molecule has 124 valence electrons. The van der Waals surface area contributed by atoms with Crippen LogP contribution in [0.5, 0.6) is 0 Å². The first-order valence-electron chi connectivity index (χ1n) is 7.33. The average Bonchev–Trinajstić information content (AvgIpc) is 2.53. The first-order chi connectivity index (χ1) is 10.3. The van der Waals surface area contributed by atoms with Gasteiger partial charge in [0.15, 0.2) is 0 Å². The molecule has 22 heavy (non-hydrogen) atoms. The lowest BCUT2D eigenvalue weighted by Crippen LogP contribution is -2.37. The van der Waals surface area contributed by atoms with Gasteiger partial charge in [0, 0.05) is 24.7 Å². The van der Waals surface area contributed by atoms with Crippen LogP contribution in [0.25, 0.3) is 0 Å². The van der Waals surface area contributed by atoms with Gasteiger partial charge in [0.1, 0.15) is 0 Å². The number of nitrogens with one attached hydrogen (secondary N) is 2. The van der Waals surface area contributed by atoms with Crippen LogP contribution in [0.3, 0.4) is 0 Å². The van der Waals surface area contributed by atoms with E-state index in [0.29, 0.717) is 18.2 Å². The predicted octanol–water partition coefficient (Wildman–Crippen LogP) is 1.05. The summed E-state index contributed by atoms with van der Waals surface area (Å²) in [5.41, 5.74) is 0.446. The Kier molecular flexibility index (Phi) is 6.99. The lowest BCUT2D eigenvalue weighted by atomic mass is 10.2.